The van der Waals surface area contributed by atoms with Gasteiger partial charge in [-0.1, -0.05) is 6.07 Å². The third-order valence-corrected chi connectivity index (χ3v) is 3.53. The van der Waals surface area contributed by atoms with Gasteiger partial charge in [0.2, 0.25) is 11.5 Å². The fourth-order valence-corrected chi connectivity index (χ4v) is 2.34. The summed E-state index contributed by atoms with van der Waals surface area (Å²) in [4.78, 5) is 12.5. The number of Topliss-reactive ketones (excluding diaryl/α,β-unsaturated/α-hetero) is 1. The van der Waals surface area contributed by atoms with Crippen LogP contribution in [0.1, 0.15) is 15.9 Å². The molecule has 2 aromatic carbocycles. The Balaban J connectivity index is 2.23. The molecule has 0 amide bonds. The van der Waals surface area contributed by atoms with Crippen molar-refractivity contribution < 1.29 is 23.7 Å². The molecule has 0 aromatic heterocycles. The Morgan fingerprint density at radius 3 is 2.21 bits per heavy atom. The van der Waals surface area contributed by atoms with Gasteiger partial charge in [-0.05, 0) is 36.8 Å². The average Bonchev–Trinajstić information content (AvgIpc) is 2.59. The molecule has 128 valence electrons. The molecule has 0 atom stereocenters. The van der Waals surface area contributed by atoms with E-state index >= 15 is 0 Å². The highest BCUT2D eigenvalue weighted by atomic mass is 16.5. The second kappa shape index (κ2) is 7.59. The molecule has 0 bridgehead atoms. The number of rotatable bonds is 7. The molecule has 0 unspecified atom stereocenters. The Morgan fingerprint density at radius 1 is 0.958 bits per heavy atom. The molecule has 2 aromatic rings. The number of hydrogen-bond acceptors (Lipinski definition) is 6. The summed E-state index contributed by atoms with van der Waals surface area (Å²) in [5, 5.41) is 0. The highest BCUT2D eigenvalue weighted by Crippen LogP contribution is 2.39. The van der Waals surface area contributed by atoms with Crippen LogP contribution >= 0.6 is 0 Å². The van der Waals surface area contributed by atoms with Crippen molar-refractivity contribution in [2.45, 2.75) is 6.92 Å². The van der Waals surface area contributed by atoms with Gasteiger partial charge in [0, 0.05) is 0 Å². The van der Waals surface area contributed by atoms with Gasteiger partial charge in [-0.25, -0.2) is 0 Å². The van der Waals surface area contributed by atoms with E-state index < -0.39 is 0 Å². The van der Waals surface area contributed by atoms with E-state index in [-0.39, 0.29) is 12.4 Å². The Bertz CT molecular complexity index is 742. The lowest BCUT2D eigenvalue weighted by atomic mass is 10.1. The van der Waals surface area contributed by atoms with E-state index in [1.54, 1.807) is 24.3 Å². The van der Waals surface area contributed by atoms with Crippen molar-refractivity contribution in [2.75, 3.05) is 33.7 Å². The molecule has 0 aliphatic heterocycles. The van der Waals surface area contributed by atoms with Gasteiger partial charge in [-0.2, -0.15) is 0 Å². The molecule has 0 heterocycles. The van der Waals surface area contributed by atoms with Crippen LogP contribution in [-0.4, -0.2) is 33.7 Å². The van der Waals surface area contributed by atoms with E-state index in [2.05, 4.69) is 0 Å². The summed E-state index contributed by atoms with van der Waals surface area (Å²) in [6, 6.07) is 8.66. The minimum Gasteiger partial charge on any atom is -0.493 e. The SMILES string of the molecule is COc1ccc(C(=O)COc2ccc(C)cc2N)c(OC)c1OC. The summed E-state index contributed by atoms with van der Waals surface area (Å²) in [7, 11) is 4.47. The smallest absolute Gasteiger partial charge is 0.204 e. The van der Waals surface area contributed by atoms with Gasteiger partial charge >= 0.3 is 0 Å². The fraction of sp³-hybridized carbons (Fsp3) is 0.278. The Morgan fingerprint density at radius 2 is 1.62 bits per heavy atom. The Labute approximate surface area is 141 Å². The third-order valence-electron chi connectivity index (χ3n) is 3.53. The number of nitrogens with two attached hydrogens (primary N) is 1. The first-order valence-electron chi connectivity index (χ1n) is 7.32. The van der Waals surface area contributed by atoms with Crippen LogP contribution in [0.4, 0.5) is 5.69 Å². The summed E-state index contributed by atoms with van der Waals surface area (Å²) in [6.45, 7) is 1.76. The second-order valence-corrected chi connectivity index (χ2v) is 5.14. The first-order valence-corrected chi connectivity index (χ1v) is 7.32. The van der Waals surface area contributed by atoms with Gasteiger partial charge in [0.25, 0.3) is 0 Å². The van der Waals surface area contributed by atoms with E-state index in [9.17, 15) is 4.79 Å². The maximum Gasteiger partial charge on any atom is 0.204 e. The number of carbonyl (C=O) groups excluding carboxylic acids is 1. The number of methoxy groups -OCH3 is 3. The molecule has 2 rings (SSSR count). The molecular formula is C18H21NO5. The number of carbonyl (C=O) groups is 1. The fourth-order valence-electron chi connectivity index (χ4n) is 2.34. The van der Waals surface area contributed by atoms with Crippen LogP contribution in [0.2, 0.25) is 0 Å². The van der Waals surface area contributed by atoms with Crippen LogP contribution in [0.3, 0.4) is 0 Å². The molecule has 0 saturated heterocycles. The zero-order valence-electron chi connectivity index (χ0n) is 14.2. The van der Waals surface area contributed by atoms with Crippen molar-refractivity contribution >= 4 is 11.5 Å². The van der Waals surface area contributed by atoms with E-state index in [0.717, 1.165) is 5.56 Å². The van der Waals surface area contributed by atoms with Crippen LogP contribution < -0.4 is 24.7 Å². The number of ketones is 1. The molecule has 0 aliphatic rings. The van der Waals surface area contributed by atoms with Gasteiger partial charge < -0.3 is 24.7 Å². The van der Waals surface area contributed by atoms with Crippen LogP contribution in [-0.2, 0) is 0 Å². The highest BCUT2D eigenvalue weighted by Gasteiger charge is 2.21. The number of benzene rings is 2. The molecule has 0 radical (unpaired) electrons. The summed E-state index contributed by atoms with van der Waals surface area (Å²) >= 11 is 0. The lowest BCUT2D eigenvalue weighted by Gasteiger charge is -2.15. The van der Waals surface area contributed by atoms with Gasteiger partial charge in [0.15, 0.2) is 18.1 Å². The molecule has 0 spiro atoms. The summed E-state index contributed by atoms with van der Waals surface area (Å²) in [6.07, 6.45) is 0. The van der Waals surface area contributed by atoms with Crippen molar-refractivity contribution in [3.05, 3.63) is 41.5 Å². The molecule has 6 nitrogen and oxygen atoms in total. The predicted octanol–water partition coefficient (Wildman–Crippen LogP) is 2.86. The zero-order chi connectivity index (χ0) is 17.7. The van der Waals surface area contributed by atoms with Crippen LogP contribution in [0.15, 0.2) is 30.3 Å². The van der Waals surface area contributed by atoms with Crippen LogP contribution in [0, 0.1) is 6.92 Å². The summed E-state index contributed by atoms with van der Waals surface area (Å²) in [5.41, 5.74) is 7.75. The Hall–Kier alpha value is -2.89. The van der Waals surface area contributed by atoms with E-state index in [1.165, 1.54) is 21.3 Å². The van der Waals surface area contributed by atoms with Crippen molar-refractivity contribution in [3.63, 3.8) is 0 Å². The summed E-state index contributed by atoms with van der Waals surface area (Å²) in [5.74, 6) is 1.36. The molecular weight excluding hydrogens is 310 g/mol. The Kier molecular flexibility index (Phi) is 5.52. The first-order chi connectivity index (χ1) is 11.5. The topological polar surface area (TPSA) is 80.0 Å². The molecule has 0 aliphatic carbocycles. The van der Waals surface area contributed by atoms with Crippen molar-refractivity contribution in [1.82, 2.24) is 0 Å². The maximum atomic E-state index is 12.5. The van der Waals surface area contributed by atoms with E-state index in [4.69, 9.17) is 24.7 Å². The molecule has 0 saturated carbocycles. The second-order valence-electron chi connectivity index (χ2n) is 5.14. The molecule has 24 heavy (non-hydrogen) atoms. The predicted molar refractivity (Wildman–Crippen MR) is 91.5 cm³/mol. The minimum absolute atomic E-state index is 0.168. The third kappa shape index (κ3) is 3.53. The van der Waals surface area contributed by atoms with Gasteiger partial charge in [0.1, 0.15) is 5.75 Å². The average molecular weight is 331 g/mol. The van der Waals surface area contributed by atoms with E-state index in [1.807, 2.05) is 13.0 Å². The van der Waals surface area contributed by atoms with Crippen molar-refractivity contribution in [2.24, 2.45) is 0 Å². The maximum absolute atomic E-state index is 12.5. The number of hydrogen-bond donors (Lipinski definition) is 1. The highest BCUT2D eigenvalue weighted by molar-refractivity contribution is 6.01. The summed E-state index contributed by atoms with van der Waals surface area (Å²) < 4.78 is 21.3. The molecule has 0 fully saturated rings. The van der Waals surface area contributed by atoms with E-state index in [0.29, 0.717) is 34.2 Å². The molecule has 2 N–H and O–H groups in total. The first kappa shape index (κ1) is 17.5. The largest absolute Gasteiger partial charge is 0.493 e. The minimum atomic E-state index is -0.257. The van der Waals surface area contributed by atoms with Gasteiger partial charge in [-0.15, -0.1) is 0 Å². The van der Waals surface area contributed by atoms with Crippen molar-refractivity contribution in [1.29, 1.82) is 0 Å². The standard InChI is InChI=1S/C18H21NO5/c1-11-5-7-15(13(19)9-11)24-10-14(20)12-6-8-16(21-2)18(23-4)17(12)22-3/h5-9H,10,19H2,1-4H3. The van der Waals surface area contributed by atoms with Crippen LogP contribution in [0.25, 0.3) is 0 Å². The van der Waals surface area contributed by atoms with Gasteiger partial charge in [-0.3, -0.25) is 4.79 Å². The zero-order valence-corrected chi connectivity index (χ0v) is 14.2. The number of aryl methyl sites for hydroxylation is 1. The molecule has 6 heteroatoms. The van der Waals surface area contributed by atoms with Crippen molar-refractivity contribution in [3.8, 4) is 23.0 Å². The lowest BCUT2D eigenvalue weighted by Crippen LogP contribution is -2.14. The number of ether oxygens (including phenoxy) is 4. The number of nitrogen functional groups attached to an aromatic ring is 1. The van der Waals surface area contributed by atoms with Gasteiger partial charge in [0.05, 0.1) is 32.6 Å². The monoisotopic (exact) mass is 331 g/mol. The lowest BCUT2D eigenvalue weighted by molar-refractivity contribution is 0.0918. The van der Waals surface area contributed by atoms with Crippen LogP contribution in [0.5, 0.6) is 23.0 Å². The quantitative estimate of drug-likeness (QED) is 0.621. The normalized spacial score (nSPS) is 10.2. The number of anilines is 1.